The van der Waals surface area contributed by atoms with Crippen LogP contribution in [0.1, 0.15) is 43.6 Å². The van der Waals surface area contributed by atoms with Gasteiger partial charge in [-0.1, -0.05) is 81.4 Å². The third-order valence-electron chi connectivity index (χ3n) is 7.17. The first kappa shape index (κ1) is 23.2. The fourth-order valence-electron chi connectivity index (χ4n) is 3.98. The van der Waals surface area contributed by atoms with Gasteiger partial charge in [0.1, 0.15) is 5.75 Å². The molecule has 0 spiro atoms. The van der Waals surface area contributed by atoms with E-state index in [9.17, 15) is 0 Å². The predicted molar refractivity (Wildman–Crippen MR) is 144 cm³/mol. The van der Waals surface area contributed by atoms with E-state index >= 15 is 0 Å². The highest BCUT2D eigenvalue weighted by molar-refractivity contribution is 6.74. The van der Waals surface area contributed by atoms with E-state index in [-0.39, 0.29) is 11.1 Å². The summed E-state index contributed by atoms with van der Waals surface area (Å²) in [6.45, 7) is 13.7. The number of nitrogens with one attached hydrogen (secondary N) is 1. The second kappa shape index (κ2) is 8.75. The molecule has 1 N–H and O–H groups in total. The molecule has 0 aliphatic rings. The van der Waals surface area contributed by atoms with Gasteiger partial charge in [0.05, 0.1) is 17.3 Å². The van der Waals surface area contributed by atoms with Crippen molar-refractivity contribution in [2.24, 2.45) is 7.05 Å². The van der Waals surface area contributed by atoms with Crippen LogP contribution >= 0.6 is 0 Å². The average molecular weight is 457 g/mol. The molecule has 0 saturated carbocycles. The lowest BCUT2D eigenvalue weighted by Crippen LogP contribution is -2.44. The smallest absolute Gasteiger partial charge is 0.250 e. The lowest BCUT2D eigenvalue weighted by Gasteiger charge is -2.36. The van der Waals surface area contributed by atoms with Crippen molar-refractivity contribution in [3.8, 4) is 5.75 Å². The van der Waals surface area contributed by atoms with E-state index in [4.69, 9.17) is 4.43 Å². The van der Waals surface area contributed by atoms with Gasteiger partial charge in [0, 0.05) is 18.1 Å². The molecule has 0 bridgehead atoms. The Bertz CT molecular complexity index is 1200. The molecule has 172 valence electrons. The van der Waals surface area contributed by atoms with Crippen molar-refractivity contribution in [1.29, 1.82) is 0 Å². The van der Waals surface area contributed by atoms with Crippen molar-refractivity contribution >= 4 is 24.9 Å². The number of nitrogens with zero attached hydrogens (tertiary/aromatic N) is 1. The summed E-state index contributed by atoms with van der Waals surface area (Å²) in [6, 6.07) is 28.0. The van der Waals surface area contributed by atoms with E-state index in [0.29, 0.717) is 0 Å². The van der Waals surface area contributed by atoms with Crippen LogP contribution in [0.25, 0.3) is 10.9 Å². The molecule has 0 aliphatic heterocycles. The summed E-state index contributed by atoms with van der Waals surface area (Å²) in [7, 11) is 0.156. The zero-order valence-corrected chi connectivity index (χ0v) is 21.9. The Morgan fingerprint density at radius 3 is 1.91 bits per heavy atom. The molecule has 3 aromatic carbocycles. The first-order valence-corrected chi connectivity index (χ1v) is 14.6. The summed E-state index contributed by atoms with van der Waals surface area (Å²) in [5, 5.41) is 5.11. The van der Waals surface area contributed by atoms with Crippen molar-refractivity contribution in [3.05, 3.63) is 95.7 Å². The summed E-state index contributed by atoms with van der Waals surface area (Å²) in [4.78, 5) is 0. The number of benzene rings is 3. The predicted octanol–water partition coefficient (Wildman–Crippen LogP) is 8.07. The Labute approximate surface area is 199 Å². The van der Waals surface area contributed by atoms with Gasteiger partial charge in [-0.25, -0.2) is 0 Å². The molecule has 1 aromatic heterocycles. The van der Waals surface area contributed by atoms with Gasteiger partial charge in [-0.3, -0.25) is 0 Å². The number of rotatable bonds is 6. The third kappa shape index (κ3) is 4.58. The molecule has 4 aromatic rings. The number of aromatic nitrogens is 1. The zero-order valence-electron chi connectivity index (χ0n) is 20.9. The summed E-state index contributed by atoms with van der Waals surface area (Å²) >= 11 is 0. The van der Waals surface area contributed by atoms with E-state index < -0.39 is 8.32 Å². The van der Waals surface area contributed by atoms with Crippen LogP contribution in [0.4, 0.5) is 5.69 Å². The molecule has 1 heterocycles. The molecule has 0 atom stereocenters. The van der Waals surface area contributed by atoms with Crippen LogP contribution in [-0.2, 0) is 7.05 Å². The molecule has 33 heavy (non-hydrogen) atoms. The summed E-state index contributed by atoms with van der Waals surface area (Å²) in [5.41, 5.74) is 5.94. The largest absolute Gasteiger partial charge is 0.542 e. The standard InChI is InChI=1S/C29H36N2OSi/c1-21-28(32-33(6,7)29(2,3)4)25-20-24(18-19-26(25)31(21)5)30-27(22-14-10-8-11-15-22)23-16-12-9-13-17-23/h8-20,27,30H,1-7H3. The molecule has 0 aliphatic carbocycles. The summed E-state index contributed by atoms with van der Waals surface area (Å²) < 4.78 is 9.09. The first-order chi connectivity index (χ1) is 15.6. The van der Waals surface area contributed by atoms with E-state index in [2.05, 4.69) is 137 Å². The van der Waals surface area contributed by atoms with Gasteiger partial charge in [-0.05, 0) is 54.4 Å². The molecule has 3 nitrogen and oxygen atoms in total. The van der Waals surface area contributed by atoms with Crippen LogP contribution in [-0.4, -0.2) is 12.9 Å². The van der Waals surface area contributed by atoms with Crippen molar-refractivity contribution in [2.75, 3.05) is 5.32 Å². The van der Waals surface area contributed by atoms with Crippen LogP contribution in [0.5, 0.6) is 5.75 Å². The van der Waals surface area contributed by atoms with Gasteiger partial charge in [0.2, 0.25) is 0 Å². The number of aryl methyl sites for hydroxylation is 1. The Morgan fingerprint density at radius 2 is 1.39 bits per heavy atom. The lowest BCUT2D eigenvalue weighted by molar-refractivity contribution is 0.491. The van der Waals surface area contributed by atoms with E-state index in [1.165, 1.54) is 27.7 Å². The maximum atomic E-state index is 6.85. The topological polar surface area (TPSA) is 26.2 Å². The van der Waals surface area contributed by atoms with Gasteiger partial charge in [-0.2, -0.15) is 0 Å². The fraction of sp³-hybridized carbons (Fsp3) is 0.310. The fourth-order valence-corrected chi connectivity index (χ4v) is 5.06. The van der Waals surface area contributed by atoms with Crippen molar-refractivity contribution in [2.45, 2.75) is 51.9 Å². The molecule has 4 heteroatoms. The number of hydrogen-bond acceptors (Lipinski definition) is 2. The molecule has 4 rings (SSSR count). The second-order valence-electron chi connectivity index (χ2n) is 10.5. The van der Waals surface area contributed by atoms with Crippen molar-refractivity contribution in [1.82, 2.24) is 4.57 Å². The Morgan fingerprint density at radius 1 is 0.848 bits per heavy atom. The SMILES string of the molecule is Cc1c(O[Si](C)(C)C(C)(C)C)c2cc(NC(c3ccccc3)c3ccccc3)ccc2n1C. The molecular weight excluding hydrogens is 420 g/mol. The quantitative estimate of drug-likeness (QED) is 0.297. The minimum atomic E-state index is -1.97. The highest BCUT2D eigenvalue weighted by atomic mass is 28.4. The highest BCUT2D eigenvalue weighted by Crippen LogP contribution is 2.42. The summed E-state index contributed by atoms with van der Waals surface area (Å²) in [5.74, 6) is 1.03. The minimum absolute atomic E-state index is 0.0689. The Kier molecular flexibility index (Phi) is 6.15. The first-order valence-electron chi connectivity index (χ1n) is 11.7. The number of anilines is 1. The summed E-state index contributed by atoms with van der Waals surface area (Å²) in [6.07, 6.45) is 0. The maximum absolute atomic E-state index is 6.85. The average Bonchev–Trinajstić information content (AvgIpc) is 3.02. The minimum Gasteiger partial charge on any atom is -0.542 e. The van der Waals surface area contributed by atoms with Crippen LogP contribution < -0.4 is 9.74 Å². The second-order valence-corrected chi connectivity index (χ2v) is 15.2. The number of hydrogen-bond donors (Lipinski definition) is 1. The molecular formula is C29H36N2OSi. The molecule has 0 amide bonds. The molecule has 0 radical (unpaired) electrons. The zero-order chi connectivity index (χ0) is 23.8. The molecule has 0 unspecified atom stereocenters. The van der Waals surface area contributed by atoms with Gasteiger partial charge in [0.15, 0.2) is 0 Å². The Balaban J connectivity index is 1.77. The van der Waals surface area contributed by atoms with E-state index in [0.717, 1.165) is 11.4 Å². The van der Waals surface area contributed by atoms with Crippen LogP contribution in [0.15, 0.2) is 78.9 Å². The molecule has 0 saturated heterocycles. The van der Waals surface area contributed by atoms with Gasteiger partial charge >= 0.3 is 0 Å². The highest BCUT2D eigenvalue weighted by Gasteiger charge is 2.40. The van der Waals surface area contributed by atoms with Gasteiger partial charge < -0.3 is 14.3 Å². The van der Waals surface area contributed by atoms with Gasteiger partial charge in [0.25, 0.3) is 8.32 Å². The van der Waals surface area contributed by atoms with Gasteiger partial charge in [-0.15, -0.1) is 0 Å². The van der Waals surface area contributed by atoms with Crippen LogP contribution in [0.3, 0.4) is 0 Å². The normalized spacial score (nSPS) is 12.4. The van der Waals surface area contributed by atoms with E-state index in [1.54, 1.807) is 0 Å². The van der Waals surface area contributed by atoms with Crippen LogP contribution in [0.2, 0.25) is 18.1 Å². The van der Waals surface area contributed by atoms with Crippen molar-refractivity contribution in [3.63, 3.8) is 0 Å². The lowest BCUT2D eigenvalue weighted by atomic mass is 9.98. The Hall–Kier alpha value is -2.98. The monoisotopic (exact) mass is 456 g/mol. The number of fused-ring (bicyclic) bond motifs is 1. The van der Waals surface area contributed by atoms with Crippen molar-refractivity contribution < 1.29 is 4.43 Å². The maximum Gasteiger partial charge on any atom is 0.250 e. The molecule has 0 fully saturated rings. The van der Waals surface area contributed by atoms with E-state index in [1.807, 2.05) is 0 Å². The third-order valence-corrected chi connectivity index (χ3v) is 11.5. The van der Waals surface area contributed by atoms with Crippen LogP contribution in [0, 0.1) is 6.92 Å².